The van der Waals surface area contributed by atoms with Crippen molar-refractivity contribution in [1.29, 1.82) is 0 Å². The molecule has 1 N–H and O–H groups in total. The standard InChI is InChI=1S/C29H43NO2/c1-19(30(4)27(31)20-8-6-5-7-9-20)25-12-13-26-24-11-10-21-18-28(2,32)16-14-22(21)23(24)15-17-29(25,26)3/h5-9,19,21-26,32H,10-18H2,1-4H3/t19?,21-,22+,23-,24?,25-,26+,28-,29-/m1/s1. The van der Waals surface area contributed by atoms with Crippen LogP contribution in [0.5, 0.6) is 0 Å². The molecule has 0 bridgehead atoms. The Morgan fingerprint density at radius 3 is 2.44 bits per heavy atom. The third-order valence-corrected chi connectivity index (χ3v) is 10.8. The molecule has 4 aliphatic rings. The van der Waals surface area contributed by atoms with E-state index in [9.17, 15) is 9.90 Å². The lowest BCUT2D eigenvalue weighted by Crippen LogP contribution is -2.52. The van der Waals surface area contributed by atoms with E-state index in [0.29, 0.717) is 11.3 Å². The van der Waals surface area contributed by atoms with Crippen molar-refractivity contribution < 1.29 is 9.90 Å². The first-order valence-electron chi connectivity index (χ1n) is 13.3. The van der Waals surface area contributed by atoms with Gasteiger partial charge in [0.05, 0.1) is 5.60 Å². The Balaban J connectivity index is 1.31. The van der Waals surface area contributed by atoms with Crippen LogP contribution >= 0.6 is 0 Å². The zero-order valence-electron chi connectivity index (χ0n) is 20.6. The summed E-state index contributed by atoms with van der Waals surface area (Å²) in [5, 5.41) is 10.6. The fraction of sp³-hybridized carbons (Fsp3) is 0.759. The van der Waals surface area contributed by atoms with E-state index in [1.807, 2.05) is 42.3 Å². The molecule has 3 heteroatoms. The lowest BCUT2D eigenvalue weighted by molar-refractivity contribution is -0.103. The van der Waals surface area contributed by atoms with Crippen molar-refractivity contribution in [2.24, 2.45) is 40.9 Å². The van der Waals surface area contributed by atoms with Crippen molar-refractivity contribution >= 4 is 5.91 Å². The molecule has 3 nitrogen and oxygen atoms in total. The molecule has 176 valence electrons. The lowest BCUT2D eigenvalue weighted by Gasteiger charge is -2.57. The predicted octanol–water partition coefficient (Wildman–Crippen LogP) is 6.17. The van der Waals surface area contributed by atoms with Gasteiger partial charge < -0.3 is 10.0 Å². The minimum atomic E-state index is -0.430. The van der Waals surface area contributed by atoms with Gasteiger partial charge in [-0.2, -0.15) is 0 Å². The Morgan fingerprint density at radius 1 is 0.969 bits per heavy atom. The Morgan fingerprint density at radius 2 is 1.69 bits per heavy atom. The number of fused-ring (bicyclic) bond motifs is 5. The number of carbonyl (C=O) groups is 1. The van der Waals surface area contributed by atoms with Crippen LogP contribution < -0.4 is 0 Å². The summed E-state index contributed by atoms with van der Waals surface area (Å²) >= 11 is 0. The average molecular weight is 438 g/mol. The molecule has 4 aliphatic carbocycles. The molecule has 0 aromatic heterocycles. The number of aliphatic hydroxyl groups is 1. The van der Waals surface area contributed by atoms with E-state index < -0.39 is 5.60 Å². The summed E-state index contributed by atoms with van der Waals surface area (Å²) in [7, 11) is 2.02. The Labute approximate surface area is 195 Å². The third kappa shape index (κ3) is 3.63. The first-order chi connectivity index (χ1) is 15.2. The molecule has 4 fully saturated rings. The number of amides is 1. The van der Waals surface area contributed by atoms with Crippen LogP contribution in [0.2, 0.25) is 0 Å². The molecule has 1 amide bonds. The van der Waals surface area contributed by atoms with Crippen LogP contribution in [0.3, 0.4) is 0 Å². The molecule has 2 unspecified atom stereocenters. The summed E-state index contributed by atoms with van der Waals surface area (Å²) in [6.07, 6.45) is 11.2. The van der Waals surface area contributed by atoms with E-state index in [2.05, 4.69) is 20.8 Å². The van der Waals surface area contributed by atoms with Crippen molar-refractivity contribution in [1.82, 2.24) is 4.90 Å². The monoisotopic (exact) mass is 437 g/mol. The van der Waals surface area contributed by atoms with Gasteiger partial charge in [0.15, 0.2) is 0 Å². The van der Waals surface area contributed by atoms with Gasteiger partial charge >= 0.3 is 0 Å². The zero-order chi connectivity index (χ0) is 22.7. The summed E-state index contributed by atoms with van der Waals surface area (Å²) in [5.74, 6) is 4.90. The van der Waals surface area contributed by atoms with Crippen LogP contribution in [0.25, 0.3) is 0 Å². The van der Waals surface area contributed by atoms with Gasteiger partial charge in [0, 0.05) is 18.7 Å². The average Bonchev–Trinajstić information content (AvgIpc) is 3.14. The van der Waals surface area contributed by atoms with Crippen molar-refractivity contribution in [3.8, 4) is 0 Å². The fourth-order valence-electron chi connectivity index (χ4n) is 9.15. The van der Waals surface area contributed by atoms with Crippen molar-refractivity contribution in [2.75, 3.05) is 7.05 Å². The summed E-state index contributed by atoms with van der Waals surface area (Å²) in [6, 6.07) is 10.0. The molecule has 0 radical (unpaired) electrons. The number of benzene rings is 1. The highest BCUT2D eigenvalue weighted by atomic mass is 16.3. The molecular formula is C29H43NO2. The smallest absolute Gasteiger partial charge is 0.253 e. The maximum absolute atomic E-state index is 13.2. The number of hydrogen-bond acceptors (Lipinski definition) is 2. The molecule has 9 atom stereocenters. The fourth-order valence-corrected chi connectivity index (χ4v) is 9.15. The van der Waals surface area contributed by atoms with Crippen molar-refractivity contribution in [3.05, 3.63) is 35.9 Å². The molecule has 1 aromatic carbocycles. The Hall–Kier alpha value is -1.35. The van der Waals surface area contributed by atoms with Gasteiger partial charge in [-0.25, -0.2) is 0 Å². The highest BCUT2D eigenvalue weighted by Gasteiger charge is 2.58. The Kier molecular flexibility index (Phi) is 5.72. The van der Waals surface area contributed by atoms with Gasteiger partial charge in [0.25, 0.3) is 5.91 Å². The van der Waals surface area contributed by atoms with Gasteiger partial charge in [-0.1, -0.05) is 25.1 Å². The molecule has 32 heavy (non-hydrogen) atoms. The quantitative estimate of drug-likeness (QED) is 0.614. The minimum absolute atomic E-state index is 0.161. The van der Waals surface area contributed by atoms with Crippen molar-refractivity contribution in [2.45, 2.75) is 90.2 Å². The zero-order valence-corrected chi connectivity index (χ0v) is 20.6. The molecule has 0 spiro atoms. The van der Waals surface area contributed by atoms with E-state index in [-0.39, 0.29) is 11.9 Å². The predicted molar refractivity (Wildman–Crippen MR) is 129 cm³/mol. The summed E-state index contributed by atoms with van der Waals surface area (Å²) in [5.41, 5.74) is 0.733. The summed E-state index contributed by atoms with van der Waals surface area (Å²) in [6.45, 7) is 6.93. The van der Waals surface area contributed by atoms with Crippen molar-refractivity contribution in [3.63, 3.8) is 0 Å². The second kappa shape index (κ2) is 8.15. The number of rotatable bonds is 3. The van der Waals surface area contributed by atoms with Crippen LogP contribution in [0.1, 0.15) is 88.9 Å². The van der Waals surface area contributed by atoms with Gasteiger partial charge in [-0.3, -0.25) is 4.79 Å². The number of carbonyl (C=O) groups excluding carboxylic acids is 1. The first kappa shape index (κ1) is 22.4. The van der Waals surface area contributed by atoms with Crippen LogP contribution in [0.15, 0.2) is 30.3 Å². The van der Waals surface area contributed by atoms with E-state index in [4.69, 9.17) is 0 Å². The van der Waals surface area contributed by atoms with E-state index >= 15 is 0 Å². The van der Waals surface area contributed by atoms with Gasteiger partial charge in [0.1, 0.15) is 0 Å². The number of hydrogen-bond donors (Lipinski definition) is 1. The van der Waals surface area contributed by atoms with Crippen LogP contribution in [-0.2, 0) is 0 Å². The van der Waals surface area contributed by atoms with E-state index in [1.54, 1.807) is 0 Å². The van der Waals surface area contributed by atoms with Crippen LogP contribution in [-0.4, -0.2) is 34.6 Å². The van der Waals surface area contributed by atoms with Crippen LogP contribution in [0.4, 0.5) is 0 Å². The van der Waals surface area contributed by atoms with E-state index in [1.165, 1.54) is 44.9 Å². The molecule has 5 rings (SSSR count). The number of nitrogens with zero attached hydrogens (tertiary/aromatic N) is 1. The molecule has 0 saturated heterocycles. The second-order valence-electron chi connectivity index (χ2n) is 12.4. The molecule has 1 aromatic rings. The molecule has 0 heterocycles. The maximum atomic E-state index is 13.2. The van der Waals surface area contributed by atoms with Crippen LogP contribution in [0, 0.1) is 40.9 Å². The summed E-state index contributed by atoms with van der Waals surface area (Å²) in [4.78, 5) is 15.2. The third-order valence-electron chi connectivity index (χ3n) is 10.8. The second-order valence-corrected chi connectivity index (χ2v) is 12.4. The summed E-state index contributed by atoms with van der Waals surface area (Å²) < 4.78 is 0. The minimum Gasteiger partial charge on any atom is -0.390 e. The first-order valence-corrected chi connectivity index (χ1v) is 13.3. The van der Waals surface area contributed by atoms with Gasteiger partial charge in [-0.05, 0) is 125 Å². The van der Waals surface area contributed by atoms with Gasteiger partial charge in [-0.15, -0.1) is 0 Å². The van der Waals surface area contributed by atoms with E-state index in [0.717, 1.165) is 48.0 Å². The Bertz CT molecular complexity index is 835. The topological polar surface area (TPSA) is 40.5 Å². The SMILES string of the molecule is CC([C@H]1CC[C@H]2C3CC[C@@H]4C[C@](C)(O)CC[C@@H]4[C@H]3CC[C@]12C)N(C)C(=O)c1ccccc1. The largest absolute Gasteiger partial charge is 0.390 e. The molecular weight excluding hydrogens is 394 g/mol. The lowest BCUT2D eigenvalue weighted by atomic mass is 9.48. The maximum Gasteiger partial charge on any atom is 0.253 e. The normalized spacial score (nSPS) is 44.2. The highest BCUT2D eigenvalue weighted by Crippen LogP contribution is 2.65. The highest BCUT2D eigenvalue weighted by molar-refractivity contribution is 5.94. The molecule has 4 saturated carbocycles. The molecule has 0 aliphatic heterocycles. The van der Waals surface area contributed by atoms with Gasteiger partial charge in [0.2, 0.25) is 0 Å².